The zero-order valence-electron chi connectivity index (χ0n) is 14.7. The molecular formula is C18H27IN4O2. The molecule has 138 valence electrons. The summed E-state index contributed by atoms with van der Waals surface area (Å²) in [6, 6.07) is 3.65. The molecule has 0 unspecified atom stereocenters. The summed E-state index contributed by atoms with van der Waals surface area (Å²) in [6.45, 7) is 2.41. The molecule has 2 aliphatic rings. The normalized spacial score (nSPS) is 18.3. The maximum Gasteiger partial charge on any atom is 0.339 e. The highest BCUT2D eigenvalue weighted by atomic mass is 127. The van der Waals surface area contributed by atoms with Crippen LogP contribution in [-0.2, 0) is 11.3 Å². The van der Waals surface area contributed by atoms with Crippen molar-refractivity contribution < 1.29 is 9.53 Å². The van der Waals surface area contributed by atoms with Crippen LogP contribution in [0.1, 0.15) is 66.2 Å². The molecule has 0 radical (unpaired) electrons. The van der Waals surface area contributed by atoms with E-state index in [0.29, 0.717) is 24.0 Å². The Kier molecular flexibility index (Phi) is 7.46. The van der Waals surface area contributed by atoms with Gasteiger partial charge in [0, 0.05) is 19.0 Å². The summed E-state index contributed by atoms with van der Waals surface area (Å²) in [6.07, 6.45) is 7.05. The maximum absolute atomic E-state index is 11.9. The molecule has 3 rings (SSSR count). The number of carbonyl (C=O) groups excluding carboxylic acids is 1. The lowest BCUT2D eigenvalue weighted by Crippen LogP contribution is -2.38. The first-order valence-corrected chi connectivity index (χ1v) is 8.82. The molecule has 1 aromatic rings. The van der Waals surface area contributed by atoms with Crippen LogP contribution >= 0.6 is 24.0 Å². The molecule has 25 heavy (non-hydrogen) atoms. The number of hydrogen-bond acceptors (Lipinski definition) is 4. The number of esters is 1. The maximum atomic E-state index is 11.9. The van der Waals surface area contributed by atoms with Crippen molar-refractivity contribution in [2.75, 3.05) is 20.2 Å². The first-order valence-electron chi connectivity index (χ1n) is 8.82. The smallest absolute Gasteiger partial charge is 0.339 e. The first kappa shape index (κ1) is 19.9. The van der Waals surface area contributed by atoms with Crippen molar-refractivity contribution in [1.82, 2.24) is 9.88 Å². The highest BCUT2D eigenvalue weighted by Crippen LogP contribution is 2.40. The number of rotatable bonds is 4. The average Bonchev–Trinajstić information content (AvgIpc) is 3.45. The zero-order valence-corrected chi connectivity index (χ0v) is 17.1. The Labute approximate surface area is 166 Å². The minimum absolute atomic E-state index is 0. The summed E-state index contributed by atoms with van der Waals surface area (Å²) >= 11 is 0. The van der Waals surface area contributed by atoms with Gasteiger partial charge in [-0.25, -0.2) is 9.79 Å². The Hall–Kier alpha value is -1.38. The van der Waals surface area contributed by atoms with E-state index in [1.165, 1.54) is 32.8 Å². The van der Waals surface area contributed by atoms with Crippen LogP contribution in [0.4, 0.5) is 0 Å². The van der Waals surface area contributed by atoms with Crippen LogP contribution in [0.2, 0.25) is 0 Å². The highest BCUT2D eigenvalue weighted by Gasteiger charge is 2.30. The number of nitrogens with zero attached hydrogens (tertiary/aromatic N) is 3. The molecule has 0 amide bonds. The Balaban J connectivity index is 0.00000225. The van der Waals surface area contributed by atoms with Crippen molar-refractivity contribution in [3.63, 3.8) is 0 Å². The summed E-state index contributed by atoms with van der Waals surface area (Å²) in [5.74, 6) is 0.665. The molecule has 2 fully saturated rings. The minimum atomic E-state index is -0.316. The summed E-state index contributed by atoms with van der Waals surface area (Å²) in [5, 5.41) is 0. The van der Waals surface area contributed by atoms with Crippen LogP contribution in [0.25, 0.3) is 0 Å². The Bertz CT molecular complexity index is 624. The number of pyridine rings is 1. The molecule has 7 heteroatoms. The number of methoxy groups -OCH3 is 1. The standard InChI is InChI=1S/C18H26N4O2.HI/c1-24-17(23)15-9-8-14(21-16(15)13-6-7-13)12-20-18(19)22-10-4-2-3-5-11-22;/h8-9,13H,2-7,10-12H2,1H3,(H2,19,20);1H. The summed E-state index contributed by atoms with van der Waals surface area (Å²) in [7, 11) is 1.40. The lowest BCUT2D eigenvalue weighted by atomic mass is 10.1. The van der Waals surface area contributed by atoms with E-state index in [-0.39, 0.29) is 29.9 Å². The number of ether oxygens (including phenoxy) is 1. The number of nitrogens with two attached hydrogens (primary N) is 1. The van der Waals surface area contributed by atoms with Crippen molar-refractivity contribution in [1.29, 1.82) is 0 Å². The van der Waals surface area contributed by atoms with Gasteiger partial charge in [0.25, 0.3) is 0 Å². The number of aromatic nitrogens is 1. The fourth-order valence-corrected chi connectivity index (χ4v) is 3.12. The van der Waals surface area contributed by atoms with Gasteiger partial charge >= 0.3 is 5.97 Å². The van der Waals surface area contributed by atoms with Gasteiger partial charge in [0.1, 0.15) is 0 Å². The molecule has 2 N–H and O–H groups in total. The third-order valence-electron chi connectivity index (χ3n) is 4.68. The fourth-order valence-electron chi connectivity index (χ4n) is 3.12. The number of carbonyl (C=O) groups is 1. The van der Waals surface area contributed by atoms with Gasteiger partial charge in [-0.1, -0.05) is 12.8 Å². The van der Waals surface area contributed by atoms with Crippen molar-refractivity contribution >= 4 is 35.9 Å². The number of aliphatic imine (C=N–C) groups is 1. The molecule has 6 nitrogen and oxygen atoms in total. The van der Waals surface area contributed by atoms with Crippen LogP contribution in [0, 0.1) is 0 Å². The molecule has 0 bridgehead atoms. The second kappa shape index (κ2) is 9.35. The number of halogens is 1. The SMILES string of the molecule is COC(=O)c1ccc(CN=C(N)N2CCCCCC2)nc1C1CC1.I. The Morgan fingerprint density at radius 2 is 1.96 bits per heavy atom. The van der Waals surface area contributed by atoms with E-state index in [1.807, 2.05) is 6.07 Å². The molecule has 0 spiro atoms. The molecule has 2 heterocycles. The Morgan fingerprint density at radius 1 is 1.28 bits per heavy atom. The van der Waals surface area contributed by atoms with E-state index >= 15 is 0 Å². The third-order valence-corrected chi connectivity index (χ3v) is 4.68. The predicted molar refractivity (Wildman–Crippen MR) is 108 cm³/mol. The molecule has 0 atom stereocenters. The Morgan fingerprint density at radius 3 is 2.56 bits per heavy atom. The van der Waals surface area contributed by atoms with Gasteiger partial charge in [-0.05, 0) is 37.8 Å². The van der Waals surface area contributed by atoms with Crippen LogP contribution < -0.4 is 5.73 Å². The molecule has 1 saturated carbocycles. The second-order valence-corrected chi connectivity index (χ2v) is 6.58. The predicted octanol–water partition coefficient (Wildman–Crippen LogP) is 3.05. The van der Waals surface area contributed by atoms with Gasteiger partial charge in [-0.15, -0.1) is 24.0 Å². The summed E-state index contributed by atoms with van der Waals surface area (Å²) < 4.78 is 4.85. The second-order valence-electron chi connectivity index (χ2n) is 6.58. The third kappa shape index (κ3) is 5.29. The number of likely N-dealkylation sites (tertiary alicyclic amines) is 1. The molecule has 1 saturated heterocycles. The summed E-state index contributed by atoms with van der Waals surface area (Å²) in [5.41, 5.74) is 8.43. The van der Waals surface area contributed by atoms with Gasteiger partial charge in [-0.3, -0.25) is 4.98 Å². The van der Waals surface area contributed by atoms with Gasteiger partial charge in [-0.2, -0.15) is 0 Å². The zero-order chi connectivity index (χ0) is 16.9. The van der Waals surface area contributed by atoms with Gasteiger partial charge < -0.3 is 15.4 Å². The van der Waals surface area contributed by atoms with Gasteiger partial charge in [0.2, 0.25) is 0 Å². The highest BCUT2D eigenvalue weighted by molar-refractivity contribution is 14.0. The van der Waals surface area contributed by atoms with Crippen molar-refractivity contribution in [3.8, 4) is 0 Å². The van der Waals surface area contributed by atoms with Gasteiger partial charge in [0.15, 0.2) is 5.96 Å². The van der Waals surface area contributed by atoms with E-state index in [0.717, 1.165) is 37.3 Å². The largest absolute Gasteiger partial charge is 0.465 e. The number of guanidine groups is 1. The van der Waals surface area contributed by atoms with E-state index in [9.17, 15) is 4.79 Å². The first-order chi connectivity index (χ1) is 11.7. The number of hydrogen-bond donors (Lipinski definition) is 1. The molecule has 1 aliphatic heterocycles. The molecule has 1 aliphatic carbocycles. The quantitative estimate of drug-likeness (QED) is 0.325. The fraction of sp³-hybridized carbons (Fsp3) is 0.611. The summed E-state index contributed by atoms with van der Waals surface area (Å²) in [4.78, 5) is 23.2. The van der Waals surface area contributed by atoms with E-state index < -0.39 is 0 Å². The van der Waals surface area contributed by atoms with Crippen molar-refractivity contribution in [2.45, 2.75) is 51.0 Å². The van der Waals surface area contributed by atoms with Crippen molar-refractivity contribution in [3.05, 3.63) is 29.1 Å². The average molecular weight is 458 g/mol. The lowest BCUT2D eigenvalue weighted by Gasteiger charge is -2.21. The lowest BCUT2D eigenvalue weighted by molar-refractivity contribution is 0.0598. The van der Waals surface area contributed by atoms with E-state index in [4.69, 9.17) is 10.5 Å². The van der Waals surface area contributed by atoms with E-state index in [1.54, 1.807) is 6.07 Å². The van der Waals surface area contributed by atoms with Gasteiger partial charge in [0.05, 0.1) is 30.6 Å². The van der Waals surface area contributed by atoms with Crippen LogP contribution in [0.15, 0.2) is 17.1 Å². The molecule has 0 aromatic carbocycles. The molecule has 1 aromatic heterocycles. The van der Waals surface area contributed by atoms with Crippen LogP contribution in [-0.4, -0.2) is 42.0 Å². The minimum Gasteiger partial charge on any atom is -0.465 e. The van der Waals surface area contributed by atoms with Crippen LogP contribution in [0.3, 0.4) is 0 Å². The van der Waals surface area contributed by atoms with Crippen LogP contribution in [0.5, 0.6) is 0 Å². The molecular weight excluding hydrogens is 431 g/mol. The van der Waals surface area contributed by atoms with Crippen molar-refractivity contribution in [2.24, 2.45) is 10.7 Å². The van der Waals surface area contributed by atoms with E-state index in [2.05, 4.69) is 14.9 Å². The monoisotopic (exact) mass is 458 g/mol. The topological polar surface area (TPSA) is 80.8 Å².